The highest BCUT2D eigenvalue weighted by Crippen LogP contribution is 2.40. The van der Waals surface area contributed by atoms with Crippen LogP contribution in [0, 0.1) is 5.92 Å². The summed E-state index contributed by atoms with van der Waals surface area (Å²) in [7, 11) is 1.26. The zero-order valence-electron chi connectivity index (χ0n) is 12.8. The molecule has 23 heavy (non-hydrogen) atoms. The number of esters is 1. The number of nitrogens with one attached hydrogen (secondary N) is 1. The van der Waals surface area contributed by atoms with Crippen LogP contribution in [-0.4, -0.2) is 33.8 Å². The molecule has 7 heteroatoms. The molecule has 1 heterocycles. The molecule has 1 unspecified atom stereocenters. The third-order valence-electron chi connectivity index (χ3n) is 3.78. The number of hydrogen-bond acceptors (Lipinski definition) is 5. The van der Waals surface area contributed by atoms with Gasteiger partial charge in [0, 0.05) is 0 Å². The highest BCUT2D eigenvalue weighted by atomic mass is 16.5. The SMILES string of the molecule is COC(=O)c1ncn(CC(=O)NC(c2ccccc2)C2CC2)n1. The summed E-state index contributed by atoms with van der Waals surface area (Å²) in [4.78, 5) is 27.4. The van der Waals surface area contributed by atoms with Gasteiger partial charge in [0.1, 0.15) is 12.9 Å². The molecular formula is C16H18N4O3. The first-order chi connectivity index (χ1) is 11.2. The van der Waals surface area contributed by atoms with Crippen molar-refractivity contribution in [3.05, 3.63) is 48.0 Å². The van der Waals surface area contributed by atoms with Crippen LogP contribution in [0.5, 0.6) is 0 Å². The Morgan fingerprint density at radius 1 is 1.35 bits per heavy atom. The molecule has 0 spiro atoms. The van der Waals surface area contributed by atoms with E-state index in [4.69, 9.17) is 0 Å². The fourth-order valence-electron chi connectivity index (χ4n) is 2.49. The largest absolute Gasteiger partial charge is 0.463 e. The quantitative estimate of drug-likeness (QED) is 0.813. The van der Waals surface area contributed by atoms with E-state index in [9.17, 15) is 9.59 Å². The second-order valence-corrected chi connectivity index (χ2v) is 5.55. The van der Waals surface area contributed by atoms with Crippen molar-refractivity contribution in [2.24, 2.45) is 5.92 Å². The van der Waals surface area contributed by atoms with Crippen molar-refractivity contribution >= 4 is 11.9 Å². The highest BCUT2D eigenvalue weighted by molar-refractivity contribution is 5.84. The normalized spacial score (nSPS) is 15.0. The van der Waals surface area contributed by atoms with E-state index in [0.29, 0.717) is 5.92 Å². The summed E-state index contributed by atoms with van der Waals surface area (Å²) in [5.74, 6) is -0.346. The molecule has 0 bridgehead atoms. The molecule has 3 rings (SSSR count). The van der Waals surface area contributed by atoms with Gasteiger partial charge in [-0.15, -0.1) is 5.10 Å². The van der Waals surface area contributed by atoms with Crippen LogP contribution in [0.25, 0.3) is 0 Å². The van der Waals surface area contributed by atoms with Gasteiger partial charge in [-0.3, -0.25) is 4.79 Å². The Bertz CT molecular complexity index is 694. The first-order valence-corrected chi connectivity index (χ1v) is 7.49. The van der Waals surface area contributed by atoms with Gasteiger partial charge in [0.05, 0.1) is 13.2 Å². The van der Waals surface area contributed by atoms with Crippen molar-refractivity contribution in [1.29, 1.82) is 0 Å². The lowest BCUT2D eigenvalue weighted by atomic mass is 10.0. The van der Waals surface area contributed by atoms with E-state index in [-0.39, 0.29) is 24.3 Å². The van der Waals surface area contributed by atoms with Crippen LogP contribution < -0.4 is 5.32 Å². The summed E-state index contributed by atoms with van der Waals surface area (Å²) in [6.45, 7) is 0.0139. The molecule has 1 N–H and O–H groups in total. The van der Waals surface area contributed by atoms with Gasteiger partial charge in [-0.25, -0.2) is 14.5 Å². The molecule has 1 fully saturated rings. The van der Waals surface area contributed by atoms with E-state index in [1.807, 2.05) is 30.3 Å². The van der Waals surface area contributed by atoms with Crippen molar-refractivity contribution < 1.29 is 14.3 Å². The van der Waals surface area contributed by atoms with Gasteiger partial charge < -0.3 is 10.1 Å². The molecule has 1 amide bonds. The van der Waals surface area contributed by atoms with E-state index in [2.05, 4.69) is 20.1 Å². The molecule has 120 valence electrons. The maximum atomic E-state index is 12.3. The van der Waals surface area contributed by atoms with Crippen molar-refractivity contribution in [1.82, 2.24) is 20.1 Å². The van der Waals surface area contributed by atoms with Crippen LogP contribution in [0.15, 0.2) is 36.7 Å². The molecule has 0 aliphatic heterocycles. The molecule has 0 saturated heterocycles. The number of methoxy groups -OCH3 is 1. The lowest BCUT2D eigenvalue weighted by molar-refractivity contribution is -0.122. The van der Waals surface area contributed by atoms with E-state index in [0.717, 1.165) is 18.4 Å². The minimum atomic E-state index is -0.621. The molecular weight excluding hydrogens is 296 g/mol. The molecule has 0 radical (unpaired) electrons. The maximum Gasteiger partial charge on any atom is 0.377 e. The number of hydrogen-bond donors (Lipinski definition) is 1. The molecule has 7 nitrogen and oxygen atoms in total. The molecule has 1 aromatic carbocycles. The number of aromatic nitrogens is 3. The second kappa shape index (κ2) is 6.60. The van der Waals surface area contributed by atoms with Crippen molar-refractivity contribution in [2.45, 2.75) is 25.4 Å². The lowest BCUT2D eigenvalue weighted by Crippen LogP contribution is -2.32. The van der Waals surface area contributed by atoms with Crippen molar-refractivity contribution in [3.8, 4) is 0 Å². The van der Waals surface area contributed by atoms with Gasteiger partial charge in [-0.2, -0.15) is 0 Å². The number of amides is 1. The first-order valence-electron chi connectivity index (χ1n) is 7.49. The molecule has 2 aromatic rings. The zero-order chi connectivity index (χ0) is 16.2. The Morgan fingerprint density at radius 2 is 2.09 bits per heavy atom. The summed E-state index contributed by atoms with van der Waals surface area (Å²) >= 11 is 0. The minimum Gasteiger partial charge on any atom is -0.463 e. The predicted octanol–water partition coefficient (Wildman–Crippen LogP) is 1.33. The van der Waals surface area contributed by atoms with Crippen LogP contribution in [0.2, 0.25) is 0 Å². The number of carbonyl (C=O) groups is 2. The third kappa shape index (κ3) is 3.74. The standard InChI is InChI=1S/C16H18N4O3/c1-23-16(22)15-17-10-20(19-15)9-13(21)18-14(12-7-8-12)11-5-3-2-4-6-11/h2-6,10,12,14H,7-9H2,1H3,(H,18,21). The van der Waals surface area contributed by atoms with Crippen LogP contribution in [0.4, 0.5) is 0 Å². The smallest absolute Gasteiger partial charge is 0.377 e. The summed E-state index contributed by atoms with van der Waals surface area (Å²) in [6.07, 6.45) is 3.59. The summed E-state index contributed by atoms with van der Waals surface area (Å²) in [5.41, 5.74) is 1.11. The fraction of sp³-hybridized carbons (Fsp3) is 0.375. The number of ether oxygens (including phenoxy) is 1. The Balaban J connectivity index is 1.64. The molecule has 1 saturated carbocycles. The van der Waals surface area contributed by atoms with Crippen LogP contribution >= 0.6 is 0 Å². The van der Waals surface area contributed by atoms with Gasteiger partial charge in [0.25, 0.3) is 5.82 Å². The number of carbonyl (C=O) groups excluding carboxylic acids is 2. The van der Waals surface area contributed by atoms with Crippen molar-refractivity contribution in [3.63, 3.8) is 0 Å². The van der Waals surface area contributed by atoms with E-state index in [1.165, 1.54) is 18.1 Å². The molecule has 1 atom stereocenters. The van der Waals surface area contributed by atoms with Gasteiger partial charge in [-0.05, 0) is 24.3 Å². The second-order valence-electron chi connectivity index (χ2n) is 5.55. The monoisotopic (exact) mass is 314 g/mol. The Hall–Kier alpha value is -2.70. The summed E-state index contributed by atoms with van der Waals surface area (Å²) in [5, 5.41) is 6.98. The molecule has 1 aliphatic carbocycles. The van der Waals surface area contributed by atoms with E-state index < -0.39 is 5.97 Å². The van der Waals surface area contributed by atoms with E-state index >= 15 is 0 Å². The highest BCUT2D eigenvalue weighted by Gasteiger charge is 2.33. The van der Waals surface area contributed by atoms with Gasteiger partial charge in [0.15, 0.2) is 0 Å². The predicted molar refractivity (Wildman–Crippen MR) is 81.4 cm³/mol. The van der Waals surface area contributed by atoms with Gasteiger partial charge in [0.2, 0.25) is 5.91 Å². The summed E-state index contributed by atoms with van der Waals surface area (Å²) < 4.78 is 5.87. The van der Waals surface area contributed by atoms with Crippen LogP contribution in [-0.2, 0) is 16.1 Å². The Kier molecular flexibility index (Phi) is 4.36. The van der Waals surface area contributed by atoms with E-state index in [1.54, 1.807) is 0 Å². The average molecular weight is 314 g/mol. The number of benzene rings is 1. The van der Waals surface area contributed by atoms with Gasteiger partial charge in [-0.1, -0.05) is 30.3 Å². The van der Waals surface area contributed by atoms with Crippen molar-refractivity contribution in [2.75, 3.05) is 7.11 Å². The topological polar surface area (TPSA) is 86.1 Å². The van der Waals surface area contributed by atoms with Crippen LogP contribution in [0.1, 0.15) is 35.1 Å². The maximum absolute atomic E-state index is 12.3. The molecule has 1 aromatic heterocycles. The van der Waals surface area contributed by atoms with Gasteiger partial charge >= 0.3 is 5.97 Å². The zero-order valence-corrected chi connectivity index (χ0v) is 12.8. The minimum absolute atomic E-state index is 0.0139. The summed E-state index contributed by atoms with van der Waals surface area (Å²) in [6, 6.07) is 9.96. The Labute approximate surface area is 133 Å². The number of nitrogens with zero attached hydrogens (tertiary/aromatic N) is 3. The fourth-order valence-corrected chi connectivity index (χ4v) is 2.49. The third-order valence-corrected chi connectivity index (χ3v) is 3.78. The molecule has 1 aliphatic rings. The number of rotatable bonds is 6. The average Bonchev–Trinajstić information content (AvgIpc) is 3.31. The van der Waals surface area contributed by atoms with Crippen LogP contribution in [0.3, 0.4) is 0 Å². The first kappa shape index (κ1) is 15.2. The Morgan fingerprint density at radius 3 is 2.74 bits per heavy atom. The lowest BCUT2D eigenvalue weighted by Gasteiger charge is -2.18.